The maximum Gasteiger partial charge on any atom is 0.292 e. The monoisotopic (exact) mass is 327 g/mol. The summed E-state index contributed by atoms with van der Waals surface area (Å²) < 4.78 is 6.63. The van der Waals surface area contributed by atoms with Crippen LogP contribution in [0.4, 0.5) is 0 Å². The molecule has 1 N–H and O–H groups in total. The van der Waals surface area contributed by atoms with Gasteiger partial charge in [-0.15, -0.1) is 0 Å². The van der Waals surface area contributed by atoms with E-state index in [-0.39, 0.29) is 23.3 Å². The van der Waals surface area contributed by atoms with Crippen molar-refractivity contribution < 1.29 is 9.21 Å². The van der Waals surface area contributed by atoms with E-state index >= 15 is 0 Å². The number of aromatic amines is 1. The molecule has 1 aliphatic rings. The smallest absolute Gasteiger partial charge is 0.292 e. The number of piperidine rings is 1. The van der Waals surface area contributed by atoms with Crippen molar-refractivity contribution in [1.82, 2.24) is 24.5 Å². The summed E-state index contributed by atoms with van der Waals surface area (Å²) in [5, 5.41) is 2.82. The molecular formula is C16H17N5O3. The topological polar surface area (TPSA) is 96.5 Å². The number of rotatable bonds is 2. The Morgan fingerprint density at radius 3 is 3.08 bits per heavy atom. The van der Waals surface area contributed by atoms with Crippen LogP contribution < -0.4 is 5.56 Å². The molecule has 3 aromatic rings. The van der Waals surface area contributed by atoms with Crippen molar-refractivity contribution >= 4 is 11.6 Å². The van der Waals surface area contributed by atoms with Crippen molar-refractivity contribution in [3.05, 3.63) is 52.2 Å². The van der Waals surface area contributed by atoms with Crippen LogP contribution in [0.5, 0.6) is 0 Å². The van der Waals surface area contributed by atoms with Crippen molar-refractivity contribution in [3.8, 4) is 0 Å². The molecule has 24 heavy (non-hydrogen) atoms. The summed E-state index contributed by atoms with van der Waals surface area (Å²) in [5.41, 5.74) is 1.54. The number of likely N-dealkylation sites (tertiary alicyclic amines) is 1. The lowest BCUT2D eigenvalue weighted by Gasteiger charge is -2.34. The summed E-state index contributed by atoms with van der Waals surface area (Å²) in [6.45, 7) is 2.35. The number of carbonyl (C=O) groups is 1. The summed E-state index contributed by atoms with van der Waals surface area (Å²) >= 11 is 0. The molecule has 0 aromatic carbocycles. The third kappa shape index (κ3) is 2.31. The summed E-state index contributed by atoms with van der Waals surface area (Å²) in [4.78, 5) is 35.3. The van der Waals surface area contributed by atoms with E-state index in [1.54, 1.807) is 24.1 Å². The number of carbonyl (C=O) groups excluding carboxylic acids is 1. The highest BCUT2D eigenvalue weighted by Crippen LogP contribution is 2.31. The first-order valence-electron chi connectivity index (χ1n) is 7.93. The molecular weight excluding hydrogens is 310 g/mol. The SMILES string of the molecule is Cc1ncoc1C(=O)N1CCCC[C@@H]1c1cc(=O)n2[nH]ccc2n1. The minimum atomic E-state index is -0.233. The van der Waals surface area contributed by atoms with E-state index in [0.29, 0.717) is 23.6 Å². The van der Waals surface area contributed by atoms with Crippen LogP contribution in [-0.2, 0) is 0 Å². The fourth-order valence-corrected chi connectivity index (χ4v) is 3.24. The Hall–Kier alpha value is -2.90. The van der Waals surface area contributed by atoms with Gasteiger partial charge in [0.2, 0.25) is 5.76 Å². The second-order valence-corrected chi connectivity index (χ2v) is 5.95. The molecule has 8 heteroatoms. The second-order valence-electron chi connectivity index (χ2n) is 5.95. The first-order valence-corrected chi connectivity index (χ1v) is 7.93. The lowest BCUT2D eigenvalue weighted by atomic mass is 9.98. The summed E-state index contributed by atoms with van der Waals surface area (Å²) in [6.07, 6.45) is 5.61. The van der Waals surface area contributed by atoms with Crippen molar-refractivity contribution in [2.45, 2.75) is 32.2 Å². The molecule has 4 heterocycles. The van der Waals surface area contributed by atoms with Gasteiger partial charge in [-0.1, -0.05) is 0 Å². The molecule has 3 aromatic heterocycles. The third-order valence-electron chi connectivity index (χ3n) is 4.45. The minimum absolute atomic E-state index is 0.186. The Kier molecular flexibility index (Phi) is 3.44. The van der Waals surface area contributed by atoms with Gasteiger partial charge >= 0.3 is 0 Å². The summed E-state index contributed by atoms with van der Waals surface area (Å²) in [6, 6.07) is 3.00. The molecule has 0 aliphatic carbocycles. The predicted molar refractivity (Wildman–Crippen MR) is 84.7 cm³/mol. The minimum Gasteiger partial charge on any atom is -0.438 e. The fraction of sp³-hybridized carbons (Fsp3) is 0.375. The number of nitrogens with zero attached hydrogens (tertiary/aromatic N) is 4. The molecule has 0 spiro atoms. The zero-order valence-electron chi connectivity index (χ0n) is 13.2. The highest BCUT2D eigenvalue weighted by atomic mass is 16.3. The number of hydrogen-bond donors (Lipinski definition) is 1. The first-order chi connectivity index (χ1) is 11.6. The zero-order valence-corrected chi connectivity index (χ0v) is 13.2. The van der Waals surface area contributed by atoms with E-state index < -0.39 is 0 Å². The van der Waals surface area contributed by atoms with Gasteiger partial charge in [-0.25, -0.2) is 14.5 Å². The number of hydrogen-bond acceptors (Lipinski definition) is 5. The van der Waals surface area contributed by atoms with E-state index in [1.165, 1.54) is 17.0 Å². The van der Waals surface area contributed by atoms with E-state index in [1.807, 2.05) is 0 Å². The van der Waals surface area contributed by atoms with Crippen LogP contribution in [0.2, 0.25) is 0 Å². The summed E-state index contributed by atoms with van der Waals surface area (Å²) in [7, 11) is 0. The van der Waals surface area contributed by atoms with Crippen molar-refractivity contribution in [1.29, 1.82) is 0 Å². The number of oxazole rings is 1. The molecule has 0 saturated carbocycles. The number of fused-ring (bicyclic) bond motifs is 1. The highest BCUT2D eigenvalue weighted by molar-refractivity contribution is 5.92. The van der Waals surface area contributed by atoms with Crippen LogP contribution in [0.25, 0.3) is 5.65 Å². The molecule has 0 unspecified atom stereocenters. The van der Waals surface area contributed by atoms with Gasteiger partial charge < -0.3 is 9.32 Å². The van der Waals surface area contributed by atoms with Gasteiger partial charge in [0.25, 0.3) is 11.5 Å². The van der Waals surface area contributed by atoms with Gasteiger partial charge in [-0.3, -0.25) is 14.7 Å². The Labute approximate surface area is 137 Å². The van der Waals surface area contributed by atoms with E-state index in [9.17, 15) is 9.59 Å². The lowest BCUT2D eigenvalue weighted by Crippen LogP contribution is -2.39. The summed E-state index contributed by atoms with van der Waals surface area (Å²) in [5.74, 6) is 0.0483. The molecule has 4 rings (SSSR count). The number of nitrogens with one attached hydrogen (secondary N) is 1. The van der Waals surface area contributed by atoms with Crippen molar-refractivity contribution in [2.75, 3.05) is 6.54 Å². The van der Waals surface area contributed by atoms with Gasteiger partial charge in [-0.05, 0) is 26.2 Å². The first kappa shape index (κ1) is 14.7. The Morgan fingerprint density at radius 1 is 1.42 bits per heavy atom. The number of aryl methyl sites for hydroxylation is 1. The van der Waals surface area contributed by atoms with Gasteiger partial charge in [0.1, 0.15) is 0 Å². The van der Waals surface area contributed by atoms with E-state index in [0.717, 1.165) is 19.3 Å². The van der Waals surface area contributed by atoms with Crippen molar-refractivity contribution in [3.63, 3.8) is 0 Å². The fourth-order valence-electron chi connectivity index (χ4n) is 3.24. The Morgan fingerprint density at radius 2 is 2.29 bits per heavy atom. The Bertz CT molecular complexity index is 954. The van der Waals surface area contributed by atoms with Gasteiger partial charge in [0.15, 0.2) is 12.0 Å². The normalized spacial score (nSPS) is 18.2. The lowest BCUT2D eigenvalue weighted by molar-refractivity contribution is 0.0572. The van der Waals surface area contributed by atoms with Crippen LogP contribution in [0.1, 0.15) is 47.2 Å². The van der Waals surface area contributed by atoms with Crippen LogP contribution in [0.3, 0.4) is 0 Å². The zero-order chi connectivity index (χ0) is 16.7. The standard InChI is InChI=1S/C16H17N5O3/c1-10-15(24-9-17-10)16(23)20-7-3-2-4-12(20)11-8-14(22)21-13(19-11)5-6-18-21/h5-6,8-9,12,18H,2-4,7H2,1H3/t12-/m1/s1. The molecule has 1 fully saturated rings. The molecule has 1 atom stereocenters. The highest BCUT2D eigenvalue weighted by Gasteiger charge is 2.32. The maximum atomic E-state index is 12.8. The Balaban J connectivity index is 1.74. The predicted octanol–water partition coefficient (Wildman–Crippen LogP) is 1.69. The van der Waals surface area contributed by atoms with Gasteiger partial charge in [0, 0.05) is 24.9 Å². The van der Waals surface area contributed by atoms with E-state index in [4.69, 9.17) is 4.42 Å². The molecule has 0 bridgehead atoms. The average molecular weight is 327 g/mol. The largest absolute Gasteiger partial charge is 0.438 e. The van der Waals surface area contributed by atoms with Crippen molar-refractivity contribution in [2.24, 2.45) is 0 Å². The number of amides is 1. The van der Waals surface area contributed by atoms with Gasteiger partial charge in [-0.2, -0.15) is 0 Å². The quantitative estimate of drug-likeness (QED) is 0.772. The molecule has 1 saturated heterocycles. The molecule has 0 radical (unpaired) electrons. The van der Waals surface area contributed by atoms with Crippen LogP contribution in [-0.4, -0.2) is 36.9 Å². The number of aromatic nitrogens is 4. The third-order valence-corrected chi connectivity index (χ3v) is 4.45. The maximum absolute atomic E-state index is 12.8. The molecule has 1 amide bonds. The molecule has 8 nitrogen and oxygen atoms in total. The van der Waals surface area contributed by atoms with Crippen LogP contribution in [0, 0.1) is 6.92 Å². The number of H-pyrrole nitrogens is 1. The molecule has 124 valence electrons. The van der Waals surface area contributed by atoms with Gasteiger partial charge in [0.05, 0.1) is 17.4 Å². The van der Waals surface area contributed by atoms with Crippen LogP contribution >= 0.6 is 0 Å². The van der Waals surface area contributed by atoms with E-state index in [2.05, 4.69) is 15.1 Å². The molecule has 1 aliphatic heterocycles. The average Bonchev–Trinajstić information content (AvgIpc) is 3.23. The van der Waals surface area contributed by atoms with Crippen LogP contribution in [0.15, 0.2) is 33.9 Å². The second kappa shape index (κ2) is 5.63.